The van der Waals surface area contributed by atoms with Gasteiger partial charge in [-0.1, -0.05) is 29.7 Å². The van der Waals surface area contributed by atoms with E-state index in [1.165, 1.54) is 11.3 Å². The quantitative estimate of drug-likeness (QED) is 0.505. The first-order chi connectivity index (χ1) is 17.3. The molecule has 1 saturated heterocycles. The summed E-state index contributed by atoms with van der Waals surface area (Å²) in [6, 6.07) is 10.7. The number of hydrogen-bond donors (Lipinski definition) is 2. The van der Waals surface area contributed by atoms with Crippen molar-refractivity contribution >= 4 is 69.2 Å². The summed E-state index contributed by atoms with van der Waals surface area (Å²) in [5, 5.41) is 6.84. The number of rotatable bonds is 4. The number of benzene rings is 2. The average molecular weight is 519 g/mol. The van der Waals surface area contributed by atoms with E-state index >= 15 is 0 Å². The van der Waals surface area contributed by atoms with E-state index in [4.69, 9.17) is 12.6 Å². The Morgan fingerprint density at radius 1 is 1.19 bits per heavy atom. The van der Waals surface area contributed by atoms with Crippen molar-refractivity contribution in [1.82, 2.24) is 10.2 Å². The minimum absolute atomic E-state index is 0.111. The van der Waals surface area contributed by atoms with Gasteiger partial charge in [0.15, 0.2) is 5.78 Å². The molecule has 3 amide bonds. The van der Waals surface area contributed by atoms with Crippen LogP contribution in [0.2, 0.25) is 0 Å². The highest BCUT2D eigenvalue weighted by Crippen LogP contribution is 2.49. The third-order valence-electron chi connectivity index (χ3n) is 6.75. The highest BCUT2D eigenvalue weighted by atomic mass is 32.2. The number of carbonyl (C=O) groups excluding carboxylic acids is 3. The number of nitrogens with one attached hydrogen (secondary N) is 2. The van der Waals surface area contributed by atoms with E-state index in [2.05, 4.69) is 10.6 Å². The highest BCUT2D eigenvalue weighted by Gasteiger charge is 2.43. The fraction of sp³-hybridized carbons (Fsp3) is 0.346. The zero-order valence-corrected chi connectivity index (χ0v) is 21.8. The standard InChI is InChI=1S/C26H26BN3O4S2/c1-3-28-25(33)29-23-21(16-5-4-6-19(34-2)22(16)35-23)24(32)30-11-9-26(10-12-30)14-18(31)17-13-15(27)7-8-20(17)36-26/h4-8,13H,3,9-12,14H2,1-2H3,(H2,28,29,33). The van der Waals surface area contributed by atoms with Gasteiger partial charge in [0, 0.05) is 46.6 Å². The van der Waals surface area contributed by atoms with Gasteiger partial charge in [0.25, 0.3) is 5.91 Å². The number of anilines is 1. The normalized spacial score (nSPS) is 16.6. The summed E-state index contributed by atoms with van der Waals surface area (Å²) >= 11 is 3.07. The van der Waals surface area contributed by atoms with Crippen molar-refractivity contribution in [3.05, 3.63) is 47.5 Å². The molecule has 1 spiro atoms. The molecule has 2 aliphatic rings. The number of likely N-dealkylation sites (tertiary alicyclic amines) is 1. The van der Waals surface area contributed by atoms with Crippen molar-refractivity contribution < 1.29 is 19.1 Å². The number of piperidine rings is 1. The minimum Gasteiger partial charge on any atom is -0.495 e. The van der Waals surface area contributed by atoms with E-state index in [0.29, 0.717) is 66.2 Å². The van der Waals surface area contributed by atoms with Crippen LogP contribution in [-0.2, 0) is 0 Å². The average Bonchev–Trinajstić information content (AvgIpc) is 3.22. The first-order valence-electron chi connectivity index (χ1n) is 11.9. The molecule has 2 N–H and O–H groups in total. The molecule has 0 saturated carbocycles. The number of thioether (sulfide) groups is 1. The number of carbonyl (C=O) groups is 3. The molecule has 3 aromatic rings. The van der Waals surface area contributed by atoms with E-state index < -0.39 is 0 Å². The van der Waals surface area contributed by atoms with Gasteiger partial charge in [-0.3, -0.25) is 14.9 Å². The summed E-state index contributed by atoms with van der Waals surface area (Å²) < 4.78 is 6.10. The number of methoxy groups -OCH3 is 1. The van der Waals surface area contributed by atoms with Crippen LogP contribution in [0, 0.1) is 0 Å². The van der Waals surface area contributed by atoms with Gasteiger partial charge in [0.2, 0.25) is 0 Å². The van der Waals surface area contributed by atoms with Crippen LogP contribution in [0.25, 0.3) is 10.1 Å². The third kappa shape index (κ3) is 4.48. The molecule has 0 atom stereocenters. The molecule has 0 bridgehead atoms. The second-order valence-corrected chi connectivity index (χ2v) is 11.6. The number of hydrogen-bond acceptors (Lipinski definition) is 6. The molecule has 7 nitrogen and oxygen atoms in total. The van der Waals surface area contributed by atoms with Crippen LogP contribution in [0.5, 0.6) is 5.75 Å². The van der Waals surface area contributed by atoms with E-state index in [1.54, 1.807) is 24.9 Å². The van der Waals surface area contributed by atoms with Crippen molar-refractivity contribution in [2.75, 3.05) is 32.1 Å². The first kappa shape index (κ1) is 24.7. The molecular weight excluding hydrogens is 493 g/mol. The molecule has 1 fully saturated rings. The maximum Gasteiger partial charge on any atom is 0.319 e. The molecule has 0 aliphatic carbocycles. The fourth-order valence-corrected chi connectivity index (χ4v) is 7.58. The van der Waals surface area contributed by atoms with E-state index in [9.17, 15) is 14.4 Å². The van der Waals surface area contributed by atoms with Crippen molar-refractivity contribution in [3.63, 3.8) is 0 Å². The van der Waals surface area contributed by atoms with Gasteiger partial charge in [-0.05, 0) is 31.9 Å². The van der Waals surface area contributed by atoms with Crippen molar-refractivity contribution in [2.45, 2.75) is 35.8 Å². The largest absolute Gasteiger partial charge is 0.495 e. The molecule has 10 heteroatoms. The van der Waals surface area contributed by atoms with Crippen molar-refractivity contribution in [2.24, 2.45) is 0 Å². The summed E-state index contributed by atoms with van der Waals surface area (Å²) in [6.07, 6.45) is 1.87. The van der Waals surface area contributed by atoms with Gasteiger partial charge in [-0.2, -0.15) is 0 Å². The number of fused-ring (bicyclic) bond motifs is 2. The van der Waals surface area contributed by atoms with Gasteiger partial charge >= 0.3 is 6.03 Å². The topological polar surface area (TPSA) is 87.7 Å². The maximum atomic E-state index is 13.8. The Morgan fingerprint density at radius 3 is 2.69 bits per heavy atom. The van der Waals surface area contributed by atoms with Crippen LogP contribution in [-0.4, -0.2) is 62.0 Å². The summed E-state index contributed by atoms with van der Waals surface area (Å²) in [6.45, 7) is 3.38. The van der Waals surface area contributed by atoms with Crippen LogP contribution < -0.4 is 20.8 Å². The van der Waals surface area contributed by atoms with Gasteiger partial charge in [-0.25, -0.2) is 4.79 Å². The molecule has 5 rings (SSSR count). The Balaban J connectivity index is 1.40. The van der Waals surface area contributed by atoms with Crippen molar-refractivity contribution in [1.29, 1.82) is 0 Å². The number of amides is 3. The van der Waals surface area contributed by atoms with Crippen molar-refractivity contribution in [3.8, 4) is 5.75 Å². The lowest BCUT2D eigenvalue weighted by Crippen LogP contribution is -2.47. The predicted molar refractivity (Wildman–Crippen MR) is 146 cm³/mol. The van der Waals surface area contributed by atoms with Gasteiger partial charge in [-0.15, -0.1) is 23.1 Å². The number of Topliss-reactive ketones (excluding diaryl/α,β-unsaturated/α-hetero) is 1. The lowest BCUT2D eigenvalue weighted by molar-refractivity contribution is 0.0699. The van der Waals surface area contributed by atoms with Gasteiger partial charge in [0.05, 0.1) is 17.4 Å². The van der Waals surface area contributed by atoms with Crippen LogP contribution in [0.3, 0.4) is 0 Å². The molecular formula is C26H26BN3O4S2. The van der Waals surface area contributed by atoms with Gasteiger partial charge in [0.1, 0.15) is 18.6 Å². The van der Waals surface area contributed by atoms with Crippen LogP contribution in [0.15, 0.2) is 41.3 Å². The number of ether oxygens (including phenoxy) is 1. The Morgan fingerprint density at radius 2 is 1.97 bits per heavy atom. The second-order valence-electron chi connectivity index (χ2n) is 9.06. The number of nitrogens with zero attached hydrogens (tertiary/aromatic N) is 1. The third-order valence-corrected chi connectivity index (χ3v) is 9.45. The molecule has 0 unspecified atom stereocenters. The lowest BCUT2D eigenvalue weighted by atomic mass is 9.86. The summed E-state index contributed by atoms with van der Waals surface area (Å²) in [5.74, 6) is 0.640. The summed E-state index contributed by atoms with van der Waals surface area (Å²) in [5.41, 5.74) is 1.77. The van der Waals surface area contributed by atoms with E-state index in [0.717, 1.165) is 15.0 Å². The zero-order chi connectivity index (χ0) is 25.4. The monoisotopic (exact) mass is 519 g/mol. The van der Waals surface area contributed by atoms with Crippen LogP contribution in [0.4, 0.5) is 9.80 Å². The molecule has 2 radical (unpaired) electrons. The summed E-state index contributed by atoms with van der Waals surface area (Å²) in [4.78, 5) is 41.9. The summed E-state index contributed by atoms with van der Waals surface area (Å²) in [7, 11) is 7.48. The molecule has 1 aromatic heterocycles. The van der Waals surface area contributed by atoms with E-state index in [1.807, 2.05) is 42.2 Å². The minimum atomic E-state index is -0.355. The molecule has 2 aliphatic heterocycles. The van der Waals surface area contributed by atoms with Crippen LogP contribution in [0.1, 0.15) is 46.9 Å². The van der Waals surface area contributed by atoms with E-state index in [-0.39, 0.29) is 22.5 Å². The smallest absolute Gasteiger partial charge is 0.319 e. The molecule has 2 aromatic carbocycles. The van der Waals surface area contributed by atoms with Crippen LogP contribution >= 0.6 is 23.1 Å². The Kier molecular flexibility index (Phi) is 6.74. The Labute approximate surface area is 219 Å². The molecule has 3 heterocycles. The predicted octanol–water partition coefficient (Wildman–Crippen LogP) is 4.20. The number of thiophene rings is 1. The molecule has 184 valence electrons. The fourth-order valence-electron chi connectivity index (χ4n) is 4.93. The zero-order valence-electron chi connectivity index (χ0n) is 20.2. The molecule has 36 heavy (non-hydrogen) atoms. The number of ketones is 1. The Hall–Kier alpha value is -2.98. The maximum absolute atomic E-state index is 13.8. The number of urea groups is 1. The SMILES string of the molecule is [B]c1ccc2c(c1)C(=O)CC1(CCN(C(=O)c3c(NC(=O)NCC)sc4c(OC)cccc34)CC1)S2. The lowest BCUT2D eigenvalue weighted by Gasteiger charge is -2.43. The first-order valence-corrected chi connectivity index (χ1v) is 13.5. The highest BCUT2D eigenvalue weighted by molar-refractivity contribution is 8.01. The second kappa shape index (κ2) is 9.82. The Bertz CT molecular complexity index is 1360. The van der Waals surface area contributed by atoms with Gasteiger partial charge < -0.3 is 15.0 Å².